The zero-order valence-electron chi connectivity index (χ0n) is 30.9. The number of halogens is 5. The Hall–Kier alpha value is -2.92. The summed E-state index contributed by atoms with van der Waals surface area (Å²) in [4.78, 5) is 73.7. The molecule has 3 amide bonds. The average molecular weight is 871 g/mol. The van der Waals surface area contributed by atoms with E-state index >= 15 is 0 Å². The van der Waals surface area contributed by atoms with Crippen LogP contribution in [0.3, 0.4) is 0 Å². The molecule has 0 aliphatic carbocycles. The van der Waals surface area contributed by atoms with Crippen LogP contribution in [0.25, 0.3) is 0 Å². The second-order valence-electron chi connectivity index (χ2n) is 14.9. The third-order valence-corrected chi connectivity index (χ3v) is 7.68. The number of nitrogens with zero attached hydrogens (tertiary/aromatic N) is 3. The molecule has 4 rings (SSSR count). The van der Waals surface area contributed by atoms with E-state index in [0.29, 0.717) is 24.5 Å². The van der Waals surface area contributed by atoms with Crippen LogP contribution in [0.4, 0.5) is 11.6 Å². The first-order valence-corrected chi connectivity index (χ1v) is 22.6. The van der Waals surface area contributed by atoms with E-state index in [-0.39, 0.29) is 45.1 Å². The molecule has 2 fully saturated rings. The molecule has 2 aromatic heterocycles. The fourth-order valence-electron chi connectivity index (χ4n) is 4.56. The molecule has 6 N–H and O–H groups in total. The Morgan fingerprint density at radius 2 is 1.17 bits per heavy atom. The molecule has 2 aliphatic rings. The van der Waals surface area contributed by atoms with Crippen LogP contribution < -0.4 is 16.0 Å². The molecule has 0 aromatic carbocycles. The van der Waals surface area contributed by atoms with Gasteiger partial charge in [0.05, 0.1) is 5.54 Å². The quantitative estimate of drug-likeness (QED) is 0.102. The van der Waals surface area contributed by atoms with Crippen LogP contribution in [0, 0.1) is 20.2 Å². The van der Waals surface area contributed by atoms with E-state index in [9.17, 15) is 39.4 Å². The number of carbonyl (C=O) groups excluding carboxylic acids is 3. The molecule has 2 aromatic rings. The molecule has 0 spiro atoms. The predicted molar refractivity (Wildman–Crippen MR) is 209 cm³/mol. The van der Waals surface area contributed by atoms with Crippen LogP contribution in [-0.2, 0) is 20.4 Å². The van der Waals surface area contributed by atoms with Crippen LogP contribution in [0.2, 0.25) is 0 Å². The van der Waals surface area contributed by atoms with Gasteiger partial charge in [0.2, 0.25) is 11.8 Å². The third kappa shape index (κ3) is 15.0. The van der Waals surface area contributed by atoms with Crippen molar-refractivity contribution < 1.29 is 34.1 Å². The number of carbonyl (C=O) groups is 4. The fourth-order valence-corrected chi connectivity index (χ4v) is 4.56. The molecule has 53 heavy (non-hydrogen) atoms. The molecule has 2 aliphatic heterocycles. The molecule has 0 bridgehead atoms. The van der Waals surface area contributed by atoms with Crippen LogP contribution in [0.5, 0.6) is 0 Å². The minimum absolute atomic E-state index is 0.0114. The number of nitro groups is 2. The summed E-state index contributed by atoms with van der Waals surface area (Å²) in [5.41, 5.74) is -1.30. The molecule has 4 heterocycles. The van der Waals surface area contributed by atoms with E-state index in [0.717, 1.165) is 13.1 Å². The fraction of sp³-hybridized carbons (Fsp3) is 0.600. The summed E-state index contributed by atoms with van der Waals surface area (Å²) in [6.45, 7) is 20.5. The number of carboxylic acid groups (broad SMARTS) is 1. The van der Waals surface area contributed by atoms with Crippen molar-refractivity contribution in [2.75, 3.05) is 26.2 Å². The number of hydrogen-bond donors (Lipinski definition) is 6. The molecular weight excluding hydrogens is 825 g/mol. The summed E-state index contributed by atoms with van der Waals surface area (Å²) in [7, 11) is 0. The molecule has 0 saturated carbocycles. The second-order valence-corrected chi connectivity index (χ2v) is 31.5. The molecule has 0 atom stereocenters. The Morgan fingerprint density at radius 1 is 0.774 bits per heavy atom. The Morgan fingerprint density at radius 3 is 1.49 bits per heavy atom. The van der Waals surface area contributed by atoms with E-state index in [1.54, 1.807) is 13.8 Å². The van der Waals surface area contributed by atoms with Crippen molar-refractivity contribution in [3.8, 4) is 0 Å². The van der Waals surface area contributed by atoms with Gasteiger partial charge in [-0.05, 0) is 37.5 Å². The van der Waals surface area contributed by atoms with E-state index < -0.39 is 36.4 Å². The number of hydrogen-bond acceptors (Lipinski definition) is 9. The maximum absolute atomic E-state index is 12.8. The second kappa shape index (κ2) is 17.3. The minimum atomic E-state index is -3.69. The first-order chi connectivity index (χ1) is 23.6. The number of amides is 3. The molecule has 0 unspecified atom stereocenters. The number of rotatable bonds is 4. The Bertz CT molecular complexity index is 1670. The van der Waals surface area contributed by atoms with Crippen molar-refractivity contribution in [2.45, 2.75) is 91.1 Å². The van der Waals surface area contributed by atoms with Crippen molar-refractivity contribution in [2.24, 2.45) is 0 Å². The van der Waals surface area contributed by atoms with Gasteiger partial charge < -0.3 is 46.2 Å². The van der Waals surface area contributed by atoms with Gasteiger partial charge in [0.15, 0.2) is 5.56 Å². The van der Waals surface area contributed by atoms with Crippen molar-refractivity contribution in [1.82, 2.24) is 30.8 Å². The number of carboxylic acids is 1. The van der Waals surface area contributed by atoms with Gasteiger partial charge in [-0.1, -0.05) is 41.5 Å². The van der Waals surface area contributed by atoms with Gasteiger partial charge in [0.25, 0.3) is 5.91 Å². The maximum atomic E-state index is 12.8. The van der Waals surface area contributed by atoms with Gasteiger partial charge in [0.1, 0.15) is 22.5 Å². The summed E-state index contributed by atoms with van der Waals surface area (Å²) >= 11 is 24.9. The molecule has 23 heteroatoms. The Balaban J connectivity index is 0.000000399. The van der Waals surface area contributed by atoms with Crippen LogP contribution in [0.15, 0.2) is 12.1 Å². The third-order valence-electron chi connectivity index (χ3n) is 7.68. The number of nitrogens with one attached hydrogen (secondary N) is 5. The number of aromatic nitrogens is 2. The van der Waals surface area contributed by atoms with Crippen molar-refractivity contribution >= 4 is 94.9 Å². The molecular formula is C30H46Cl5N8O9P. The average Bonchev–Trinajstić information content (AvgIpc) is 3.62. The van der Waals surface area contributed by atoms with Gasteiger partial charge in [-0.25, -0.2) is 14.8 Å². The number of H-pyrrole nitrogens is 2. The zero-order valence-corrected chi connectivity index (χ0v) is 35.5. The topological polar surface area (TPSA) is 246 Å². The Labute approximate surface area is 330 Å². The van der Waals surface area contributed by atoms with Crippen molar-refractivity contribution in [3.05, 3.63) is 54.9 Å². The monoisotopic (exact) mass is 868 g/mol. The molecule has 2 saturated heterocycles. The SMILES string of the molecule is CC(C)(C)c1cc(C(=O)N2CCNC(=O)C2(C)C)c([N+](=O)[O-])[nH]1.CC(C)(C)c1cc(C(=O)O)c([N+](=O)[O-])[nH]1.CC1(C)NCCNC1=O.ClP(Cl)(Cl)(Cl)Cl. The van der Waals surface area contributed by atoms with E-state index in [2.05, 4.69) is 25.9 Å². The van der Waals surface area contributed by atoms with Crippen LogP contribution in [0.1, 0.15) is 101 Å². The Kier molecular flexibility index (Phi) is 15.7. The number of aromatic amines is 2. The summed E-state index contributed by atoms with van der Waals surface area (Å²) in [6, 6.07) is 2.82. The molecule has 0 radical (unpaired) electrons. The summed E-state index contributed by atoms with van der Waals surface area (Å²) in [5.74, 6) is -2.79. The summed E-state index contributed by atoms with van der Waals surface area (Å²) in [5, 5.41) is 39.2. The van der Waals surface area contributed by atoms with Crippen LogP contribution >= 0.6 is 59.6 Å². The molecule has 17 nitrogen and oxygen atoms in total. The first kappa shape index (κ1) is 48.1. The van der Waals surface area contributed by atoms with Gasteiger partial charge in [0, 0.05) is 49.1 Å². The summed E-state index contributed by atoms with van der Waals surface area (Å²) < 4.78 is -3.69. The van der Waals surface area contributed by atoms with E-state index in [1.807, 2.05) is 55.4 Å². The van der Waals surface area contributed by atoms with Gasteiger partial charge in [-0.15, -0.1) is 0 Å². The van der Waals surface area contributed by atoms with Gasteiger partial charge in [-0.3, -0.25) is 14.4 Å². The number of aromatic carboxylic acids is 1. The predicted octanol–water partition coefficient (Wildman–Crippen LogP) is 7.28. The van der Waals surface area contributed by atoms with Crippen molar-refractivity contribution in [1.29, 1.82) is 0 Å². The van der Waals surface area contributed by atoms with Crippen molar-refractivity contribution in [3.63, 3.8) is 0 Å². The standard InChI is InChI=1S/C15H22N4O4.C9H12N2O4.C6H12N2O.Cl5P/c1-14(2,3)10-8-9(11(17-10)19(22)23)12(20)18-7-6-16-13(21)15(18,4)5;1-9(2,3)6-4-5(8(12)13)7(10-6)11(14)15;1-6(2)5(9)7-3-4-8-6;1-6(2,3,4)5/h8,17H,6-7H2,1-5H3,(H,16,21);4,10H,1-3H3,(H,12,13);8H,3-4H2,1-2H3,(H,7,9);. The number of piperazine rings is 2. The van der Waals surface area contributed by atoms with E-state index in [1.165, 1.54) is 17.0 Å². The zero-order chi connectivity index (χ0) is 41.7. The van der Waals surface area contributed by atoms with E-state index in [4.69, 9.17) is 61.3 Å². The van der Waals surface area contributed by atoms with Gasteiger partial charge >= 0.3 is 77.2 Å². The summed E-state index contributed by atoms with van der Waals surface area (Å²) in [6.07, 6.45) is 0. The van der Waals surface area contributed by atoms with Gasteiger partial charge in [-0.2, -0.15) is 0 Å². The van der Waals surface area contributed by atoms with Crippen LogP contribution in [-0.4, -0.2) is 90.8 Å². The normalized spacial score (nSPS) is 17.4. The molecule has 300 valence electrons. The first-order valence-electron chi connectivity index (χ1n) is 15.8.